The Labute approximate surface area is 102 Å². The molecule has 0 radical (unpaired) electrons. The first kappa shape index (κ1) is 13.3. The Hall–Kier alpha value is -0.770. The summed E-state index contributed by atoms with van der Waals surface area (Å²) in [6.07, 6.45) is 0. The highest BCUT2D eigenvalue weighted by molar-refractivity contribution is 6.33. The van der Waals surface area contributed by atoms with Crippen LogP contribution in [-0.4, -0.2) is 30.7 Å². The molecule has 0 spiro atoms. The lowest BCUT2D eigenvalue weighted by Gasteiger charge is -2.16. The summed E-state index contributed by atoms with van der Waals surface area (Å²) in [7, 11) is 3.97. The molecule has 0 aliphatic heterocycles. The predicted molar refractivity (Wildman–Crippen MR) is 65.9 cm³/mol. The van der Waals surface area contributed by atoms with Crippen molar-refractivity contribution in [2.75, 3.05) is 20.7 Å². The van der Waals surface area contributed by atoms with Crippen LogP contribution in [0.2, 0.25) is 5.02 Å². The number of hydrogen-bond acceptors (Lipinski definition) is 3. The van der Waals surface area contributed by atoms with Crippen LogP contribution in [0, 0.1) is 0 Å². The second-order valence-corrected chi connectivity index (χ2v) is 4.23. The van der Waals surface area contributed by atoms with E-state index in [-0.39, 0.29) is 6.61 Å². The minimum absolute atomic E-state index is 0.0582. The van der Waals surface area contributed by atoms with Crippen molar-refractivity contribution in [3.8, 4) is 5.75 Å². The number of aliphatic hydroxyl groups is 1. The van der Waals surface area contributed by atoms with Crippen molar-refractivity contribution in [3.05, 3.63) is 28.3 Å². The summed E-state index contributed by atoms with van der Waals surface area (Å²) in [5.41, 5.74) is 1.74. The molecule has 0 amide bonds. The van der Waals surface area contributed by atoms with Crippen LogP contribution in [0.3, 0.4) is 0 Å². The van der Waals surface area contributed by atoms with Crippen molar-refractivity contribution >= 4 is 11.6 Å². The highest BCUT2D eigenvalue weighted by atomic mass is 35.5. The summed E-state index contributed by atoms with van der Waals surface area (Å²) in [6.45, 7) is 3.14. The van der Waals surface area contributed by atoms with E-state index >= 15 is 0 Å². The molecular weight excluding hydrogens is 226 g/mol. The Morgan fingerprint density at radius 3 is 2.44 bits per heavy atom. The van der Waals surface area contributed by atoms with Crippen LogP contribution in [0.25, 0.3) is 0 Å². The SMILES string of the molecule is CCOc1c(CO)ccc(CN(C)C)c1Cl. The minimum Gasteiger partial charge on any atom is -0.492 e. The molecule has 16 heavy (non-hydrogen) atoms. The number of benzene rings is 1. The van der Waals surface area contributed by atoms with E-state index in [1.54, 1.807) is 0 Å². The van der Waals surface area contributed by atoms with Gasteiger partial charge in [0.2, 0.25) is 0 Å². The van der Waals surface area contributed by atoms with E-state index in [4.69, 9.17) is 16.3 Å². The molecule has 0 saturated heterocycles. The Bertz CT molecular complexity index is 353. The topological polar surface area (TPSA) is 32.7 Å². The maximum absolute atomic E-state index is 9.19. The van der Waals surface area contributed by atoms with Gasteiger partial charge in [0.1, 0.15) is 5.75 Å². The van der Waals surface area contributed by atoms with Gasteiger partial charge in [-0.05, 0) is 26.6 Å². The maximum Gasteiger partial charge on any atom is 0.143 e. The van der Waals surface area contributed by atoms with Gasteiger partial charge in [-0.1, -0.05) is 23.7 Å². The quantitative estimate of drug-likeness (QED) is 0.862. The van der Waals surface area contributed by atoms with Gasteiger partial charge in [0.05, 0.1) is 18.2 Å². The normalized spacial score (nSPS) is 10.9. The van der Waals surface area contributed by atoms with Crippen molar-refractivity contribution in [3.63, 3.8) is 0 Å². The van der Waals surface area contributed by atoms with Crippen molar-refractivity contribution < 1.29 is 9.84 Å². The molecule has 1 rings (SSSR count). The zero-order chi connectivity index (χ0) is 12.1. The monoisotopic (exact) mass is 243 g/mol. The van der Waals surface area contributed by atoms with Gasteiger partial charge in [-0.3, -0.25) is 0 Å². The van der Waals surface area contributed by atoms with Gasteiger partial charge >= 0.3 is 0 Å². The second kappa shape index (κ2) is 6.09. The highest BCUT2D eigenvalue weighted by Crippen LogP contribution is 2.32. The standard InChI is InChI=1S/C12H18ClNO2/c1-4-16-12-10(8-15)6-5-9(11(12)13)7-14(2)3/h5-6,15H,4,7-8H2,1-3H3. The smallest absolute Gasteiger partial charge is 0.143 e. The van der Waals surface area contributed by atoms with Gasteiger partial charge in [0.15, 0.2) is 0 Å². The highest BCUT2D eigenvalue weighted by Gasteiger charge is 2.12. The molecule has 0 unspecified atom stereocenters. The van der Waals surface area contributed by atoms with Crippen molar-refractivity contribution in [1.29, 1.82) is 0 Å². The van der Waals surface area contributed by atoms with Crippen LogP contribution in [-0.2, 0) is 13.2 Å². The molecule has 1 aromatic rings. The first-order chi connectivity index (χ1) is 7.60. The number of hydrogen-bond donors (Lipinski definition) is 1. The van der Waals surface area contributed by atoms with E-state index in [1.165, 1.54) is 0 Å². The lowest BCUT2D eigenvalue weighted by atomic mass is 10.1. The van der Waals surface area contributed by atoms with Crippen LogP contribution in [0.15, 0.2) is 12.1 Å². The Morgan fingerprint density at radius 1 is 1.31 bits per heavy atom. The number of ether oxygens (including phenoxy) is 1. The largest absolute Gasteiger partial charge is 0.492 e. The van der Waals surface area contributed by atoms with E-state index in [0.717, 1.165) is 17.7 Å². The molecule has 1 aromatic carbocycles. The summed E-state index contributed by atoms with van der Waals surface area (Å²) in [4.78, 5) is 2.04. The van der Waals surface area contributed by atoms with Crippen molar-refractivity contribution in [1.82, 2.24) is 4.90 Å². The van der Waals surface area contributed by atoms with Gasteiger partial charge in [0.25, 0.3) is 0 Å². The molecular formula is C12H18ClNO2. The third-order valence-electron chi connectivity index (χ3n) is 2.20. The van der Waals surface area contributed by atoms with Crippen molar-refractivity contribution in [2.24, 2.45) is 0 Å². The average Bonchev–Trinajstić information content (AvgIpc) is 2.24. The Balaban J connectivity index is 3.09. The maximum atomic E-state index is 9.19. The summed E-state index contributed by atoms with van der Waals surface area (Å²) in [5.74, 6) is 0.603. The third-order valence-corrected chi connectivity index (χ3v) is 2.62. The molecule has 3 nitrogen and oxygen atoms in total. The van der Waals surface area contributed by atoms with Crippen LogP contribution in [0.4, 0.5) is 0 Å². The summed E-state index contributed by atoms with van der Waals surface area (Å²) < 4.78 is 5.47. The van der Waals surface area contributed by atoms with Crippen molar-refractivity contribution in [2.45, 2.75) is 20.1 Å². The summed E-state index contributed by atoms with van der Waals surface area (Å²) in [5, 5.41) is 9.79. The molecule has 0 aliphatic rings. The number of aliphatic hydroxyl groups excluding tert-OH is 1. The van der Waals surface area contributed by atoms with Crippen LogP contribution < -0.4 is 4.74 Å². The fraction of sp³-hybridized carbons (Fsp3) is 0.500. The molecule has 0 bridgehead atoms. The molecule has 0 aliphatic carbocycles. The second-order valence-electron chi connectivity index (χ2n) is 3.86. The molecule has 0 saturated carbocycles. The van der Waals surface area contributed by atoms with E-state index in [0.29, 0.717) is 17.4 Å². The van der Waals surface area contributed by atoms with E-state index in [1.807, 2.05) is 38.1 Å². The fourth-order valence-electron chi connectivity index (χ4n) is 1.52. The van der Waals surface area contributed by atoms with E-state index in [2.05, 4.69) is 0 Å². The lowest BCUT2D eigenvalue weighted by Crippen LogP contribution is -2.11. The van der Waals surface area contributed by atoms with Gasteiger partial charge < -0.3 is 14.7 Å². The first-order valence-corrected chi connectivity index (χ1v) is 5.66. The molecule has 0 fully saturated rings. The number of halogens is 1. The Kier molecular flexibility index (Phi) is 5.06. The minimum atomic E-state index is -0.0582. The van der Waals surface area contributed by atoms with Gasteiger partial charge in [-0.25, -0.2) is 0 Å². The molecule has 0 atom stereocenters. The van der Waals surface area contributed by atoms with Gasteiger partial charge in [0, 0.05) is 12.1 Å². The van der Waals surface area contributed by atoms with Crippen LogP contribution >= 0.6 is 11.6 Å². The Morgan fingerprint density at radius 2 is 1.94 bits per heavy atom. The predicted octanol–water partition coefficient (Wildman–Crippen LogP) is 2.29. The molecule has 0 aromatic heterocycles. The molecule has 4 heteroatoms. The zero-order valence-corrected chi connectivity index (χ0v) is 10.7. The fourth-order valence-corrected chi connectivity index (χ4v) is 1.82. The summed E-state index contributed by atoms with van der Waals surface area (Å²) in [6, 6.07) is 3.78. The molecule has 1 N–H and O–H groups in total. The van der Waals surface area contributed by atoms with Crippen LogP contribution in [0.1, 0.15) is 18.1 Å². The first-order valence-electron chi connectivity index (χ1n) is 5.28. The van der Waals surface area contributed by atoms with Crippen LogP contribution in [0.5, 0.6) is 5.75 Å². The van der Waals surface area contributed by atoms with E-state index < -0.39 is 0 Å². The third kappa shape index (κ3) is 3.11. The summed E-state index contributed by atoms with van der Waals surface area (Å²) >= 11 is 6.25. The van der Waals surface area contributed by atoms with Gasteiger partial charge in [-0.15, -0.1) is 0 Å². The average molecular weight is 244 g/mol. The van der Waals surface area contributed by atoms with Gasteiger partial charge in [-0.2, -0.15) is 0 Å². The number of rotatable bonds is 5. The number of nitrogens with zero attached hydrogens (tertiary/aromatic N) is 1. The molecule has 90 valence electrons. The zero-order valence-electron chi connectivity index (χ0n) is 9.96. The lowest BCUT2D eigenvalue weighted by molar-refractivity contribution is 0.267. The molecule has 0 heterocycles. The van der Waals surface area contributed by atoms with E-state index in [9.17, 15) is 5.11 Å².